The van der Waals surface area contributed by atoms with Gasteiger partial charge in [0.25, 0.3) is 0 Å². The van der Waals surface area contributed by atoms with Gasteiger partial charge >= 0.3 is 0 Å². The van der Waals surface area contributed by atoms with Crippen LogP contribution in [0.25, 0.3) is 0 Å². The number of benzene rings is 1. The van der Waals surface area contributed by atoms with Gasteiger partial charge in [-0.2, -0.15) is 5.26 Å². The molecule has 3 nitrogen and oxygen atoms in total. The van der Waals surface area contributed by atoms with E-state index in [4.69, 9.17) is 22.6 Å². The fraction of sp³-hybridized carbons (Fsp3) is 0.417. The topological polar surface area (TPSA) is 61.8 Å². The zero-order valence-corrected chi connectivity index (χ0v) is 9.72. The Morgan fingerprint density at radius 2 is 2.25 bits per heavy atom. The van der Waals surface area contributed by atoms with Crippen LogP contribution < -0.4 is 11.1 Å². The SMILES string of the molecule is N#Cc1cc(Cl)ccc1NCC1(N)CCC1. The summed E-state index contributed by atoms with van der Waals surface area (Å²) in [6.45, 7) is 0.712. The van der Waals surface area contributed by atoms with E-state index in [-0.39, 0.29) is 5.54 Å². The standard InChI is InChI=1S/C12H14ClN3/c13-10-2-3-11(9(6-10)7-14)16-8-12(15)4-1-5-12/h2-3,6,16H,1,4-5,8,15H2. The van der Waals surface area contributed by atoms with Gasteiger partial charge in [0.1, 0.15) is 6.07 Å². The highest BCUT2D eigenvalue weighted by molar-refractivity contribution is 6.30. The minimum atomic E-state index is -0.0909. The van der Waals surface area contributed by atoms with Gasteiger partial charge in [-0.15, -0.1) is 0 Å². The first-order chi connectivity index (χ1) is 7.63. The molecule has 0 heterocycles. The van der Waals surface area contributed by atoms with Crippen molar-refractivity contribution in [2.75, 3.05) is 11.9 Å². The fourth-order valence-electron chi connectivity index (χ4n) is 1.84. The Morgan fingerprint density at radius 3 is 2.81 bits per heavy atom. The Kier molecular flexibility index (Phi) is 3.04. The molecular weight excluding hydrogens is 222 g/mol. The summed E-state index contributed by atoms with van der Waals surface area (Å²) in [7, 11) is 0. The molecule has 0 amide bonds. The largest absolute Gasteiger partial charge is 0.382 e. The second kappa shape index (κ2) is 4.32. The predicted octanol–water partition coefficient (Wildman–Crippen LogP) is 2.50. The lowest BCUT2D eigenvalue weighted by molar-refractivity contribution is 0.265. The first kappa shape index (κ1) is 11.3. The first-order valence-corrected chi connectivity index (χ1v) is 5.73. The van der Waals surface area contributed by atoms with Crippen LogP contribution in [0.2, 0.25) is 5.02 Å². The van der Waals surface area contributed by atoms with Gasteiger partial charge in [0, 0.05) is 17.1 Å². The van der Waals surface area contributed by atoms with E-state index in [1.54, 1.807) is 12.1 Å². The van der Waals surface area contributed by atoms with Gasteiger partial charge in [-0.25, -0.2) is 0 Å². The molecule has 1 aliphatic carbocycles. The number of nitrogens with zero attached hydrogens (tertiary/aromatic N) is 1. The molecule has 0 aliphatic heterocycles. The first-order valence-electron chi connectivity index (χ1n) is 5.35. The van der Waals surface area contributed by atoms with E-state index in [2.05, 4.69) is 11.4 Å². The predicted molar refractivity (Wildman–Crippen MR) is 65.4 cm³/mol. The highest BCUT2D eigenvalue weighted by Gasteiger charge is 2.32. The Labute approximate surface area is 100 Å². The Balaban J connectivity index is 2.07. The van der Waals surface area contributed by atoms with E-state index in [9.17, 15) is 0 Å². The molecule has 2 rings (SSSR count). The van der Waals surface area contributed by atoms with Crippen LogP contribution in [0.1, 0.15) is 24.8 Å². The third-order valence-electron chi connectivity index (χ3n) is 3.08. The molecule has 0 atom stereocenters. The zero-order valence-electron chi connectivity index (χ0n) is 8.96. The third-order valence-corrected chi connectivity index (χ3v) is 3.32. The van der Waals surface area contributed by atoms with E-state index >= 15 is 0 Å². The molecule has 0 unspecified atom stereocenters. The Morgan fingerprint density at radius 1 is 1.50 bits per heavy atom. The van der Waals surface area contributed by atoms with E-state index < -0.39 is 0 Å². The molecule has 0 saturated heterocycles. The summed E-state index contributed by atoms with van der Waals surface area (Å²) in [5, 5.41) is 12.8. The molecule has 0 aromatic heterocycles. The van der Waals surface area contributed by atoms with Gasteiger partial charge < -0.3 is 11.1 Å². The number of hydrogen-bond acceptors (Lipinski definition) is 3. The average molecular weight is 236 g/mol. The van der Waals surface area contributed by atoms with Crippen LogP contribution in [0.5, 0.6) is 0 Å². The number of rotatable bonds is 3. The van der Waals surface area contributed by atoms with E-state index in [1.165, 1.54) is 6.42 Å². The highest BCUT2D eigenvalue weighted by atomic mass is 35.5. The number of nitrogens with one attached hydrogen (secondary N) is 1. The van der Waals surface area contributed by atoms with Gasteiger partial charge in [-0.05, 0) is 37.5 Å². The molecule has 4 heteroatoms. The quantitative estimate of drug-likeness (QED) is 0.846. The van der Waals surface area contributed by atoms with Crippen LogP contribution >= 0.6 is 11.6 Å². The summed E-state index contributed by atoms with van der Waals surface area (Å²) in [6, 6.07) is 7.38. The third kappa shape index (κ3) is 2.29. The second-order valence-electron chi connectivity index (χ2n) is 4.37. The van der Waals surface area contributed by atoms with Gasteiger partial charge in [0.05, 0.1) is 11.3 Å². The van der Waals surface area contributed by atoms with Crippen molar-refractivity contribution in [3.8, 4) is 6.07 Å². The van der Waals surface area contributed by atoms with Gasteiger partial charge in [0.15, 0.2) is 0 Å². The van der Waals surface area contributed by atoms with Crippen molar-refractivity contribution >= 4 is 17.3 Å². The van der Waals surface area contributed by atoms with Crippen LogP contribution in [0, 0.1) is 11.3 Å². The van der Waals surface area contributed by atoms with Crippen molar-refractivity contribution in [2.45, 2.75) is 24.8 Å². The highest BCUT2D eigenvalue weighted by Crippen LogP contribution is 2.30. The lowest BCUT2D eigenvalue weighted by Crippen LogP contribution is -2.52. The lowest BCUT2D eigenvalue weighted by Gasteiger charge is -2.38. The molecule has 0 spiro atoms. The normalized spacial score (nSPS) is 17.3. The van der Waals surface area contributed by atoms with Crippen molar-refractivity contribution in [3.63, 3.8) is 0 Å². The summed E-state index contributed by atoms with van der Waals surface area (Å²) in [5.41, 5.74) is 7.38. The maximum Gasteiger partial charge on any atom is 0.101 e. The molecule has 3 N–H and O–H groups in total. The fourth-order valence-corrected chi connectivity index (χ4v) is 2.01. The molecule has 1 fully saturated rings. The van der Waals surface area contributed by atoms with E-state index in [0.717, 1.165) is 18.5 Å². The van der Waals surface area contributed by atoms with E-state index in [1.807, 2.05) is 6.07 Å². The molecular formula is C12H14ClN3. The minimum Gasteiger partial charge on any atom is -0.382 e. The molecule has 0 radical (unpaired) electrons. The van der Waals surface area contributed by atoms with Gasteiger partial charge in [-0.1, -0.05) is 11.6 Å². The molecule has 1 aromatic rings. The number of anilines is 1. The van der Waals surface area contributed by atoms with Crippen LogP contribution in [-0.2, 0) is 0 Å². The maximum absolute atomic E-state index is 8.96. The number of halogens is 1. The Bertz CT molecular complexity index is 432. The second-order valence-corrected chi connectivity index (χ2v) is 4.81. The zero-order chi connectivity index (χ0) is 11.6. The van der Waals surface area contributed by atoms with Crippen LogP contribution in [0.4, 0.5) is 5.69 Å². The minimum absolute atomic E-state index is 0.0909. The monoisotopic (exact) mass is 235 g/mol. The lowest BCUT2D eigenvalue weighted by atomic mass is 9.78. The molecule has 16 heavy (non-hydrogen) atoms. The van der Waals surface area contributed by atoms with Crippen molar-refractivity contribution in [1.29, 1.82) is 5.26 Å². The molecule has 1 aliphatic rings. The van der Waals surface area contributed by atoms with Crippen LogP contribution in [-0.4, -0.2) is 12.1 Å². The smallest absolute Gasteiger partial charge is 0.101 e. The molecule has 0 bridgehead atoms. The average Bonchev–Trinajstić information content (AvgIpc) is 2.24. The van der Waals surface area contributed by atoms with E-state index in [0.29, 0.717) is 17.1 Å². The number of hydrogen-bond donors (Lipinski definition) is 2. The van der Waals surface area contributed by atoms with Crippen molar-refractivity contribution < 1.29 is 0 Å². The van der Waals surface area contributed by atoms with Crippen molar-refractivity contribution in [2.24, 2.45) is 5.73 Å². The molecule has 84 valence electrons. The van der Waals surface area contributed by atoms with Crippen molar-refractivity contribution in [3.05, 3.63) is 28.8 Å². The van der Waals surface area contributed by atoms with Gasteiger partial charge in [0.2, 0.25) is 0 Å². The summed E-state index contributed by atoms with van der Waals surface area (Å²) in [6.07, 6.45) is 3.30. The molecule has 1 saturated carbocycles. The van der Waals surface area contributed by atoms with Crippen molar-refractivity contribution in [1.82, 2.24) is 0 Å². The molecule has 1 aromatic carbocycles. The number of nitriles is 1. The summed E-state index contributed by atoms with van der Waals surface area (Å²) < 4.78 is 0. The summed E-state index contributed by atoms with van der Waals surface area (Å²) >= 11 is 5.82. The van der Waals surface area contributed by atoms with Crippen LogP contribution in [0.3, 0.4) is 0 Å². The number of nitrogens with two attached hydrogens (primary N) is 1. The van der Waals surface area contributed by atoms with Gasteiger partial charge in [-0.3, -0.25) is 0 Å². The summed E-state index contributed by atoms with van der Waals surface area (Å²) in [4.78, 5) is 0. The maximum atomic E-state index is 8.96. The Hall–Kier alpha value is -1.24. The van der Waals surface area contributed by atoms with Crippen LogP contribution in [0.15, 0.2) is 18.2 Å². The summed E-state index contributed by atoms with van der Waals surface area (Å²) in [5.74, 6) is 0.